The molecular weight excluding hydrogens is 232 g/mol. The van der Waals surface area contributed by atoms with Gasteiger partial charge in [0, 0.05) is 46.0 Å². The van der Waals surface area contributed by atoms with Gasteiger partial charge in [-0.1, -0.05) is 0 Å². The number of nitrogens with zero attached hydrogens (tertiary/aromatic N) is 1. The van der Waals surface area contributed by atoms with Crippen LogP contribution in [-0.2, 0) is 14.3 Å². The molecule has 0 aromatic heterocycles. The third-order valence-electron chi connectivity index (χ3n) is 3.39. The van der Waals surface area contributed by atoms with Crippen molar-refractivity contribution in [3.63, 3.8) is 0 Å². The molecule has 1 N–H and O–H groups in total. The first kappa shape index (κ1) is 15.4. The molecule has 106 valence electrons. The van der Waals surface area contributed by atoms with Crippen molar-refractivity contribution in [2.75, 3.05) is 40.5 Å². The summed E-state index contributed by atoms with van der Waals surface area (Å²) in [6.07, 6.45) is 3.07. The third-order valence-corrected chi connectivity index (χ3v) is 3.39. The Kier molecular flexibility index (Phi) is 7.23. The number of carbonyl (C=O) groups is 1. The zero-order chi connectivity index (χ0) is 13.4. The van der Waals surface area contributed by atoms with Crippen molar-refractivity contribution >= 4 is 5.91 Å². The molecule has 1 heterocycles. The molecule has 1 saturated heterocycles. The van der Waals surface area contributed by atoms with E-state index in [4.69, 9.17) is 9.47 Å². The van der Waals surface area contributed by atoms with E-state index < -0.39 is 0 Å². The number of carbonyl (C=O) groups excluding carboxylic acids is 1. The van der Waals surface area contributed by atoms with E-state index in [2.05, 4.69) is 12.2 Å². The van der Waals surface area contributed by atoms with Crippen molar-refractivity contribution in [1.82, 2.24) is 10.2 Å². The van der Waals surface area contributed by atoms with Crippen molar-refractivity contribution < 1.29 is 14.3 Å². The lowest BCUT2D eigenvalue weighted by atomic mass is 10.0. The summed E-state index contributed by atoms with van der Waals surface area (Å²) in [5, 5.41) is 3.60. The Morgan fingerprint density at radius 2 is 2.00 bits per heavy atom. The molecule has 1 rings (SSSR count). The van der Waals surface area contributed by atoms with E-state index in [1.807, 2.05) is 4.90 Å². The molecule has 1 aliphatic rings. The summed E-state index contributed by atoms with van der Waals surface area (Å²) in [5.41, 5.74) is 0. The van der Waals surface area contributed by atoms with Crippen LogP contribution in [0.25, 0.3) is 0 Å². The number of hydrogen-bond acceptors (Lipinski definition) is 4. The Bertz CT molecular complexity index is 240. The van der Waals surface area contributed by atoms with Crippen molar-refractivity contribution in [3.8, 4) is 0 Å². The molecule has 1 fully saturated rings. The fourth-order valence-electron chi connectivity index (χ4n) is 2.29. The summed E-state index contributed by atoms with van der Waals surface area (Å²) in [5.74, 6) is 0.100. The molecule has 1 atom stereocenters. The average molecular weight is 258 g/mol. The van der Waals surface area contributed by atoms with Crippen LogP contribution in [0.4, 0.5) is 0 Å². The predicted molar refractivity (Wildman–Crippen MR) is 70.6 cm³/mol. The van der Waals surface area contributed by atoms with Crippen molar-refractivity contribution in [2.24, 2.45) is 0 Å². The highest BCUT2D eigenvalue weighted by atomic mass is 16.5. The van der Waals surface area contributed by atoms with Crippen LogP contribution < -0.4 is 5.32 Å². The maximum absolute atomic E-state index is 11.6. The highest BCUT2D eigenvalue weighted by molar-refractivity contribution is 5.77. The van der Waals surface area contributed by atoms with E-state index >= 15 is 0 Å². The first-order chi connectivity index (χ1) is 8.67. The molecule has 1 amide bonds. The van der Waals surface area contributed by atoms with Crippen LogP contribution in [0, 0.1) is 0 Å². The van der Waals surface area contributed by atoms with E-state index in [1.54, 1.807) is 14.2 Å². The topological polar surface area (TPSA) is 50.8 Å². The number of likely N-dealkylation sites (tertiary alicyclic amines) is 1. The van der Waals surface area contributed by atoms with E-state index in [9.17, 15) is 4.79 Å². The van der Waals surface area contributed by atoms with Gasteiger partial charge in [-0.2, -0.15) is 0 Å². The van der Waals surface area contributed by atoms with E-state index in [1.165, 1.54) is 0 Å². The summed E-state index contributed by atoms with van der Waals surface area (Å²) in [4.78, 5) is 13.5. The van der Waals surface area contributed by atoms with Crippen LogP contribution in [0.5, 0.6) is 0 Å². The number of hydrogen-bond donors (Lipinski definition) is 1. The van der Waals surface area contributed by atoms with Gasteiger partial charge in [0.15, 0.2) is 0 Å². The molecule has 5 nitrogen and oxygen atoms in total. The van der Waals surface area contributed by atoms with Gasteiger partial charge in [-0.3, -0.25) is 4.79 Å². The normalized spacial score (nSPS) is 18.9. The fraction of sp³-hybridized carbons (Fsp3) is 0.923. The third kappa shape index (κ3) is 5.33. The second kappa shape index (κ2) is 8.45. The van der Waals surface area contributed by atoms with Gasteiger partial charge in [0.05, 0.1) is 0 Å². The summed E-state index contributed by atoms with van der Waals surface area (Å²) in [6.45, 7) is 4.83. The minimum atomic E-state index is 0.100. The quantitative estimate of drug-likeness (QED) is 0.728. The number of nitrogens with one attached hydrogen (secondary N) is 1. The molecular formula is C13H26N2O3. The molecule has 1 aliphatic heterocycles. The fourth-order valence-corrected chi connectivity index (χ4v) is 2.29. The highest BCUT2D eigenvalue weighted by Crippen LogP contribution is 2.11. The Morgan fingerprint density at radius 3 is 2.56 bits per heavy atom. The standard InChI is InChI=1S/C13H26N2O3/c1-11(6-9-17-2)14-12-4-7-15(8-5-12)13(16)10-18-3/h11-12,14H,4-10H2,1-3H3. The van der Waals surface area contributed by atoms with Crippen LogP contribution >= 0.6 is 0 Å². The van der Waals surface area contributed by atoms with Crippen LogP contribution in [0.2, 0.25) is 0 Å². The number of rotatable bonds is 7. The van der Waals surface area contributed by atoms with Gasteiger partial charge >= 0.3 is 0 Å². The monoisotopic (exact) mass is 258 g/mol. The molecule has 0 spiro atoms. The summed E-state index contributed by atoms with van der Waals surface area (Å²) in [7, 11) is 3.29. The molecule has 18 heavy (non-hydrogen) atoms. The van der Waals surface area contributed by atoms with Crippen LogP contribution in [0.1, 0.15) is 26.2 Å². The Hall–Kier alpha value is -0.650. The first-order valence-electron chi connectivity index (χ1n) is 6.69. The summed E-state index contributed by atoms with van der Waals surface area (Å²) < 4.78 is 9.94. The smallest absolute Gasteiger partial charge is 0.248 e. The maximum atomic E-state index is 11.6. The number of piperidine rings is 1. The van der Waals surface area contributed by atoms with Gasteiger partial charge in [-0.25, -0.2) is 0 Å². The summed E-state index contributed by atoms with van der Waals surface area (Å²) in [6, 6.07) is 0.986. The molecule has 0 saturated carbocycles. The molecule has 0 radical (unpaired) electrons. The first-order valence-corrected chi connectivity index (χ1v) is 6.69. The Balaban J connectivity index is 2.20. The van der Waals surface area contributed by atoms with Gasteiger partial charge in [0.1, 0.15) is 6.61 Å². The van der Waals surface area contributed by atoms with Crippen LogP contribution in [0.15, 0.2) is 0 Å². The largest absolute Gasteiger partial charge is 0.385 e. The Labute approximate surface area is 110 Å². The number of ether oxygens (including phenoxy) is 2. The second-order valence-electron chi connectivity index (χ2n) is 4.94. The van der Waals surface area contributed by atoms with Crippen molar-refractivity contribution in [3.05, 3.63) is 0 Å². The lowest BCUT2D eigenvalue weighted by Crippen LogP contribution is -2.48. The molecule has 0 bridgehead atoms. The molecule has 0 aromatic carbocycles. The van der Waals surface area contributed by atoms with Gasteiger partial charge in [-0.15, -0.1) is 0 Å². The average Bonchev–Trinajstić information content (AvgIpc) is 2.37. The maximum Gasteiger partial charge on any atom is 0.248 e. The second-order valence-corrected chi connectivity index (χ2v) is 4.94. The van der Waals surface area contributed by atoms with Crippen LogP contribution in [-0.4, -0.2) is 63.4 Å². The van der Waals surface area contributed by atoms with Crippen molar-refractivity contribution in [1.29, 1.82) is 0 Å². The van der Waals surface area contributed by atoms with E-state index in [0.717, 1.165) is 39.0 Å². The van der Waals surface area contributed by atoms with E-state index in [-0.39, 0.29) is 12.5 Å². The molecule has 0 aromatic rings. The molecule has 1 unspecified atom stereocenters. The van der Waals surface area contributed by atoms with E-state index in [0.29, 0.717) is 12.1 Å². The lowest BCUT2D eigenvalue weighted by molar-refractivity contribution is -0.136. The number of methoxy groups -OCH3 is 2. The minimum Gasteiger partial charge on any atom is -0.385 e. The highest BCUT2D eigenvalue weighted by Gasteiger charge is 2.23. The zero-order valence-corrected chi connectivity index (χ0v) is 11.8. The van der Waals surface area contributed by atoms with Crippen molar-refractivity contribution in [2.45, 2.75) is 38.3 Å². The molecule has 5 heteroatoms. The van der Waals surface area contributed by atoms with Gasteiger partial charge in [0.25, 0.3) is 0 Å². The van der Waals surface area contributed by atoms with Gasteiger partial charge in [0.2, 0.25) is 5.91 Å². The molecule has 0 aliphatic carbocycles. The SMILES string of the molecule is COCCC(C)NC1CCN(C(=O)COC)CC1. The minimum absolute atomic E-state index is 0.100. The predicted octanol–water partition coefficient (Wildman–Crippen LogP) is 0.638. The Morgan fingerprint density at radius 1 is 1.33 bits per heavy atom. The van der Waals surface area contributed by atoms with Gasteiger partial charge < -0.3 is 19.7 Å². The zero-order valence-electron chi connectivity index (χ0n) is 11.8. The van der Waals surface area contributed by atoms with Crippen LogP contribution in [0.3, 0.4) is 0 Å². The summed E-state index contributed by atoms with van der Waals surface area (Å²) >= 11 is 0. The van der Waals surface area contributed by atoms with Gasteiger partial charge in [-0.05, 0) is 26.2 Å². The number of amides is 1. The lowest BCUT2D eigenvalue weighted by Gasteiger charge is -2.33.